The summed E-state index contributed by atoms with van der Waals surface area (Å²) in [5.41, 5.74) is 2.62. The van der Waals surface area contributed by atoms with Crippen molar-refractivity contribution >= 4 is 28.7 Å². The number of ketones is 1. The highest BCUT2D eigenvalue weighted by molar-refractivity contribution is 6.29. The topological polar surface area (TPSA) is 97.9 Å². The number of benzene rings is 1. The largest absolute Gasteiger partial charge is 0.494 e. The Morgan fingerprint density at radius 1 is 1.31 bits per heavy atom. The van der Waals surface area contributed by atoms with Crippen molar-refractivity contribution < 1.29 is 19.0 Å². The zero-order valence-corrected chi connectivity index (χ0v) is 19.4. The van der Waals surface area contributed by atoms with Gasteiger partial charge in [-0.05, 0) is 29.7 Å². The van der Waals surface area contributed by atoms with Crippen LogP contribution in [-0.4, -0.2) is 48.8 Å². The molecule has 32 heavy (non-hydrogen) atoms. The Morgan fingerprint density at radius 3 is 2.69 bits per heavy atom. The number of carbonyl (C=O) groups excluding carboxylic acids is 1. The summed E-state index contributed by atoms with van der Waals surface area (Å²) in [6, 6.07) is 7.10. The number of Topliss-reactive ketones (excluding diaryl/α,β-unsaturated/α-hetero) is 1. The number of nitrogens with zero attached hydrogens (tertiary/aromatic N) is 5. The van der Waals surface area contributed by atoms with Gasteiger partial charge in [0.25, 0.3) is 0 Å². The van der Waals surface area contributed by atoms with Crippen LogP contribution in [0.15, 0.2) is 24.3 Å². The van der Waals surface area contributed by atoms with E-state index in [-0.39, 0.29) is 28.5 Å². The normalized spacial score (nSPS) is 14.7. The first-order chi connectivity index (χ1) is 15.2. The SMILES string of the molecule is COc1c(N2CCOCC2)cc(C(=O)C[n+]2[n-]c(=N)n3nc(Cl)ccc32)cc1C(C)(C)C. The van der Waals surface area contributed by atoms with E-state index in [1.807, 2.05) is 12.1 Å². The molecule has 3 heterocycles. The standard InChI is InChI=1S/C22H27ClN6O3/c1-22(2,3)15-11-14(12-16(20(15)31-4)27-7-9-32-10-8-27)17(30)13-28-19-6-5-18(23)25-29(19)21(24)26-28/h5-6,11-12,24H,7-10,13H2,1-4H3. The molecule has 1 N–H and O–H groups in total. The molecule has 0 unspecified atom stereocenters. The average molecular weight is 459 g/mol. The Morgan fingerprint density at radius 2 is 2.03 bits per heavy atom. The Balaban J connectivity index is 1.77. The molecule has 10 heteroatoms. The third kappa shape index (κ3) is 4.22. The monoisotopic (exact) mass is 458 g/mol. The molecule has 0 aliphatic carbocycles. The van der Waals surface area contributed by atoms with Gasteiger partial charge in [0, 0.05) is 24.2 Å². The van der Waals surface area contributed by atoms with Crippen molar-refractivity contribution in [2.75, 3.05) is 38.3 Å². The molecule has 3 aromatic rings. The second-order valence-electron chi connectivity index (χ2n) is 8.76. The third-order valence-corrected chi connectivity index (χ3v) is 5.71. The summed E-state index contributed by atoms with van der Waals surface area (Å²) in [6.07, 6.45) is 0. The van der Waals surface area contributed by atoms with Crippen LogP contribution in [0.2, 0.25) is 5.15 Å². The number of hydrogen-bond acceptors (Lipinski definition) is 6. The summed E-state index contributed by atoms with van der Waals surface area (Å²) in [4.78, 5) is 15.6. The Kier molecular flexibility index (Phi) is 5.96. The van der Waals surface area contributed by atoms with Gasteiger partial charge in [0.05, 0.1) is 31.6 Å². The lowest BCUT2D eigenvalue weighted by atomic mass is 9.84. The molecule has 1 aromatic carbocycles. The van der Waals surface area contributed by atoms with E-state index in [9.17, 15) is 4.79 Å². The number of morpholine rings is 1. The maximum atomic E-state index is 13.4. The smallest absolute Gasteiger partial charge is 0.205 e. The van der Waals surface area contributed by atoms with Crippen LogP contribution in [0.4, 0.5) is 5.69 Å². The fourth-order valence-corrected chi connectivity index (χ4v) is 4.02. The quantitative estimate of drug-likeness (QED) is 0.462. The average Bonchev–Trinajstić information content (AvgIpc) is 3.07. The molecule has 0 saturated carbocycles. The van der Waals surface area contributed by atoms with E-state index in [0.717, 1.165) is 30.1 Å². The van der Waals surface area contributed by atoms with Crippen molar-refractivity contribution in [3.8, 4) is 5.75 Å². The van der Waals surface area contributed by atoms with Crippen LogP contribution in [0.25, 0.3) is 5.65 Å². The van der Waals surface area contributed by atoms with Gasteiger partial charge in [-0.15, -0.1) is 0 Å². The van der Waals surface area contributed by atoms with Crippen molar-refractivity contribution in [2.45, 2.75) is 32.7 Å². The van der Waals surface area contributed by atoms with E-state index in [1.165, 1.54) is 9.20 Å². The second kappa shape index (κ2) is 8.55. The van der Waals surface area contributed by atoms with Gasteiger partial charge >= 0.3 is 0 Å². The maximum Gasteiger partial charge on any atom is 0.205 e. The minimum Gasteiger partial charge on any atom is -0.494 e. The number of halogens is 1. The zero-order chi connectivity index (χ0) is 23.0. The molecule has 0 spiro atoms. The lowest BCUT2D eigenvalue weighted by molar-refractivity contribution is -0.721. The number of aromatic nitrogens is 4. The predicted molar refractivity (Wildman–Crippen MR) is 119 cm³/mol. The number of anilines is 1. The molecule has 9 nitrogen and oxygen atoms in total. The number of carbonyl (C=O) groups is 1. The zero-order valence-electron chi connectivity index (χ0n) is 18.7. The molecule has 170 valence electrons. The van der Waals surface area contributed by atoms with E-state index in [0.29, 0.717) is 24.4 Å². The Hall–Kier alpha value is -2.91. The molecule has 1 saturated heterocycles. The molecule has 2 aromatic heterocycles. The first-order valence-corrected chi connectivity index (χ1v) is 10.8. The van der Waals surface area contributed by atoms with Crippen molar-refractivity contribution in [2.24, 2.45) is 0 Å². The minimum atomic E-state index is -0.230. The van der Waals surface area contributed by atoms with Gasteiger partial charge < -0.3 is 19.8 Å². The van der Waals surface area contributed by atoms with Crippen molar-refractivity contribution in [1.29, 1.82) is 5.41 Å². The number of ether oxygens (including phenoxy) is 2. The molecule has 0 atom stereocenters. The van der Waals surface area contributed by atoms with Crippen molar-refractivity contribution in [1.82, 2.24) is 14.7 Å². The molecule has 0 bridgehead atoms. The third-order valence-electron chi connectivity index (χ3n) is 5.51. The highest BCUT2D eigenvalue weighted by Crippen LogP contribution is 2.40. The molecule has 0 radical (unpaired) electrons. The molecule has 1 aliphatic heterocycles. The first-order valence-electron chi connectivity index (χ1n) is 10.4. The van der Waals surface area contributed by atoms with Gasteiger partial charge in [-0.25, -0.2) is 14.9 Å². The molecule has 1 fully saturated rings. The van der Waals surface area contributed by atoms with Crippen LogP contribution < -0.4 is 25.0 Å². The van der Waals surface area contributed by atoms with Crippen LogP contribution in [0.1, 0.15) is 36.7 Å². The summed E-state index contributed by atoms with van der Waals surface area (Å²) >= 11 is 5.94. The lowest BCUT2D eigenvalue weighted by Crippen LogP contribution is -2.43. The minimum absolute atomic E-state index is 0.0237. The Labute approximate surface area is 191 Å². The molecular weight excluding hydrogens is 432 g/mol. The van der Waals surface area contributed by atoms with E-state index in [2.05, 4.69) is 35.9 Å². The molecule has 4 rings (SSSR count). The molecule has 1 aliphatic rings. The van der Waals surface area contributed by atoms with E-state index >= 15 is 0 Å². The summed E-state index contributed by atoms with van der Waals surface area (Å²) in [5.74, 6) is 0.663. The number of methoxy groups -OCH3 is 1. The van der Waals surface area contributed by atoms with E-state index < -0.39 is 0 Å². The summed E-state index contributed by atoms with van der Waals surface area (Å²) in [6.45, 7) is 8.99. The van der Waals surface area contributed by atoms with Gasteiger partial charge in [-0.1, -0.05) is 32.4 Å². The van der Waals surface area contributed by atoms with Gasteiger partial charge in [0.1, 0.15) is 10.9 Å². The van der Waals surface area contributed by atoms with Gasteiger partial charge in [-0.2, -0.15) is 0 Å². The number of hydrogen-bond donors (Lipinski definition) is 1. The maximum absolute atomic E-state index is 13.4. The van der Waals surface area contributed by atoms with Gasteiger partial charge in [0.2, 0.25) is 5.78 Å². The van der Waals surface area contributed by atoms with Crippen LogP contribution in [-0.2, 0) is 16.7 Å². The predicted octanol–water partition coefficient (Wildman–Crippen LogP) is 1.74. The van der Waals surface area contributed by atoms with Crippen LogP contribution in [0.3, 0.4) is 0 Å². The molecular formula is C22H27ClN6O3. The second-order valence-corrected chi connectivity index (χ2v) is 9.14. The molecule has 0 amide bonds. The first kappa shape index (κ1) is 22.3. The number of rotatable bonds is 5. The summed E-state index contributed by atoms with van der Waals surface area (Å²) in [5, 5.41) is 16.5. The number of fused-ring (bicyclic) bond motifs is 1. The lowest BCUT2D eigenvalue weighted by Gasteiger charge is -2.33. The summed E-state index contributed by atoms with van der Waals surface area (Å²) in [7, 11) is 1.66. The van der Waals surface area contributed by atoms with Crippen molar-refractivity contribution in [3.63, 3.8) is 0 Å². The van der Waals surface area contributed by atoms with Crippen LogP contribution >= 0.6 is 11.6 Å². The van der Waals surface area contributed by atoms with E-state index in [1.54, 1.807) is 19.2 Å². The highest BCUT2D eigenvalue weighted by atomic mass is 35.5. The van der Waals surface area contributed by atoms with Gasteiger partial charge in [-0.3, -0.25) is 9.31 Å². The Bertz CT molecular complexity index is 1220. The van der Waals surface area contributed by atoms with E-state index in [4.69, 9.17) is 26.5 Å². The van der Waals surface area contributed by atoms with Crippen LogP contribution in [0.5, 0.6) is 5.75 Å². The summed E-state index contributed by atoms with van der Waals surface area (Å²) < 4.78 is 14.1. The van der Waals surface area contributed by atoms with Gasteiger partial charge in [0.15, 0.2) is 12.2 Å². The van der Waals surface area contributed by atoms with Crippen LogP contribution in [0, 0.1) is 5.41 Å². The highest BCUT2D eigenvalue weighted by Gasteiger charge is 2.27. The fraction of sp³-hybridized carbons (Fsp3) is 0.455. The fourth-order valence-electron chi connectivity index (χ4n) is 3.88. The number of nitrogens with one attached hydrogen (secondary N) is 1. The van der Waals surface area contributed by atoms with Crippen molar-refractivity contribution in [3.05, 3.63) is 46.2 Å².